The van der Waals surface area contributed by atoms with Crippen molar-refractivity contribution in [1.29, 1.82) is 0 Å². The monoisotopic (exact) mass is 371 g/mol. The Morgan fingerprint density at radius 3 is 2.27 bits per heavy atom. The van der Waals surface area contributed by atoms with Gasteiger partial charge in [0.05, 0.1) is 10.8 Å². The standard InChI is InChI=1S/C20H21NO4S/c1-13(2)26(25)17-9-7-14(8-10-17)19(22)21-12-16-6-4-3-5-15(16)11-18(21)20(23)24/h3-10,13,18H,11-12H2,1-2H3,(H,23,24)/t18-,26+/m1/s1. The van der Waals surface area contributed by atoms with Crippen molar-refractivity contribution in [2.45, 2.75) is 43.0 Å². The molecular weight excluding hydrogens is 350 g/mol. The molecule has 0 aliphatic carbocycles. The molecule has 5 nitrogen and oxygen atoms in total. The van der Waals surface area contributed by atoms with Crippen LogP contribution in [0.3, 0.4) is 0 Å². The van der Waals surface area contributed by atoms with Crippen LogP contribution >= 0.6 is 0 Å². The van der Waals surface area contributed by atoms with E-state index in [1.165, 1.54) is 4.90 Å². The maximum atomic E-state index is 12.9. The highest BCUT2D eigenvalue weighted by atomic mass is 32.2. The number of carboxylic acids is 1. The number of amides is 1. The van der Waals surface area contributed by atoms with E-state index in [1.807, 2.05) is 38.1 Å². The average molecular weight is 371 g/mol. The molecule has 0 spiro atoms. The molecule has 0 unspecified atom stereocenters. The summed E-state index contributed by atoms with van der Waals surface area (Å²) in [5, 5.41) is 9.57. The Balaban J connectivity index is 1.88. The molecule has 3 rings (SSSR count). The highest BCUT2D eigenvalue weighted by Crippen LogP contribution is 2.25. The first-order valence-corrected chi connectivity index (χ1v) is 9.71. The lowest BCUT2D eigenvalue weighted by Gasteiger charge is -2.34. The van der Waals surface area contributed by atoms with Crippen molar-refractivity contribution in [3.8, 4) is 0 Å². The number of hydrogen-bond acceptors (Lipinski definition) is 3. The lowest BCUT2D eigenvalue weighted by molar-refractivity contribution is -0.142. The zero-order valence-electron chi connectivity index (χ0n) is 14.7. The number of rotatable bonds is 4. The van der Waals surface area contributed by atoms with Crippen LogP contribution in [0.2, 0.25) is 0 Å². The van der Waals surface area contributed by atoms with E-state index in [4.69, 9.17) is 0 Å². The Hall–Kier alpha value is -2.47. The first-order chi connectivity index (χ1) is 12.4. The van der Waals surface area contributed by atoms with Gasteiger partial charge in [-0.1, -0.05) is 38.1 Å². The lowest BCUT2D eigenvalue weighted by Crippen LogP contribution is -2.48. The fourth-order valence-electron chi connectivity index (χ4n) is 3.13. The number of carboxylic acid groups (broad SMARTS) is 1. The maximum absolute atomic E-state index is 12.9. The second-order valence-electron chi connectivity index (χ2n) is 6.63. The Kier molecular flexibility index (Phi) is 5.23. The number of hydrogen-bond donors (Lipinski definition) is 1. The van der Waals surface area contributed by atoms with E-state index in [9.17, 15) is 18.9 Å². The molecule has 2 atom stereocenters. The van der Waals surface area contributed by atoms with E-state index in [0.717, 1.165) is 11.1 Å². The quantitative estimate of drug-likeness (QED) is 0.897. The van der Waals surface area contributed by atoms with Gasteiger partial charge in [0.1, 0.15) is 6.04 Å². The van der Waals surface area contributed by atoms with Gasteiger partial charge in [-0.3, -0.25) is 9.00 Å². The second-order valence-corrected chi connectivity index (χ2v) is 8.64. The molecule has 6 heteroatoms. The third kappa shape index (κ3) is 3.55. The summed E-state index contributed by atoms with van der Waals surface area (Å²) in [4.78, 5) is 26.7. The molecule has 0 radical (unpaired) electrons. The van der Waals surface area contributed by atoms with Crippen LogP contribution in [0.25, 0.3) is 0 Å². The summed E-state index contributed by atoms with van der Waals surface area (Å²) in [6.07, 6.45) is 0.298. The largest absolute Gasteiger partial charge is 0.480 e. The summed E-state index contributed by atoms with van der Waals surface area (Å²) in [7, 11) is -1.12. The van der Waals surface area contributed by atoms with Crippen LogP contribution in [0.4, 0.5) is 0 Å². The van der Waals surface area contributed by atoms with E-state index in [1.54, 1.807) is 24.3 Å². The van der Waals surface area contributed by atoms with E-state index in [0.29, 0.717) is 16.9 Å². The van der Waals surface area contributed by atoms with Gasteiger partial charge in [0.15, 0.2) is 0 Å². The summed E-state index contributed by atoms with van der Waals surface area (Å²) in [6, 6.07) is 13.3. The number of benzene rings is 2. The maximum Gasteiger partial charge on any atom is 0.326 e. The number of carbonyl (C=O) groups excluding carboxylic acids is 1. The van der Waals surface area contributed by atoms with Crippen molar-refractivity contribution in [1.82, 2.24) is 4.90 Å². The molecule has 136 valence electrons. The SMILES string of the molecule is CC(C)[S@](=O)c1ccc(C(=O)N2Cc3ccccc3C[C@@H]2C(=O)O)cc1. The first-order valence-electron chi connectivity index (χ1n) is 8.49. The zero-order chi connectivity index (χ0) is 18.8. The van der Waals surface area contributed by atoms with Crippen molar-refractivity contribution in [2.75, 3.05) is 0 Å². The van der Waals surface area contributed by atoms with E-state index < -0.39 is 22.8 Å². The van der Waals surface area contributed by atoms with Gasteiger partial charge in [-0.15, -0.1) is 0 Å². The van der Waals surface area contributed by atoms with Crippen LogP contribution in [-0.2, 0) is 28.6 Å². The van der Waals surface area contributed by atoms with Gasteiger partial charge < -0.3 is 10.0 Å². The molecule has 0 bridgehead atoms. The smallest absolute Gasteiger partial charge is 0.326 e. The molecule has 1 heterocycles. The van der Waals surface area contributed by atoms with Crippen LogP contribution in [0.15, 0.2) is 53.4 Å². The van der Waals surface area contributed by atoms with Gasteiger partial charge in [-0.2, -0.15) is 0 Å². The minimum Gasteiger partial charge on any atom is -0.480 e. The van der Waals surface area contributed by atoms with Gasteiger partial charge in [0, 0.05) is 28.7 Å². The minimum atomic E-state index is -1.12. The Labute approximate surface area is 155 Å². The van der Waals surface area contributed by atoms with Crippen molar-refractivity contribution >= 4 is 22.7 Å². The lowest BCUT2D eigenvalue weighted by atomic mass is 9.93. The molecule has 1 aliphatic rings. The van der Waals surface area contributed by atoms with Crippen molar-refractivity contribution in [2.24, 2.45) is 0 Å². The molecule has 0 saturated carbocycles. The average Bonchev–Trinajstić information content (AvgIpc) is 2.65. The second kappa shape index (κ2) is 7.41. The number of fused-ring (bicyclic) bond motifs is 1. The molecule has 0 aromatic heterocycles. The number of aliphatic carboxylic acids is 1. The van der Waals surface area contributed by atoms with Gasteiger partial charge in [-0.05, 0) is 35.4 Å². The van der Waals surface area contributed by atoms with Crippen LogP contribution in [0.5, 0.6) is 0 Å². The van der Waals surface area contributed by atoms with Gasteiger partial charge >= 0.3 is 5.97 Å². The summed E-state index contributed by atoms with van der Waals surface area (Å²) >= 11 is 0. The van der Waals surface area contributed by atoms with Gasteiger partial charge in [0.25, 0.3) is 5.91 Å². The molecule has 1 N–H and O–H groups in total. The highest BCUT2D eigenvalue weighted by Gasteiger charge is 2.34. The molecule has 0 saturated heterocycles. The molecular formula is C20H21NO4S. The minimum absolute atomic E-state index is 0.00783. The van der Waals surface area contributed by atoms with Gasteiger partial charge in [0.2, 0.25) is 0 Å². The van der Waals surface area contributed by atoms with Crippen LogP contribution in [0, 0.1) is 0 Å². The summed E-state index contributed by atoms with van der Waals surface area (Å²) in [5.74, 6) is -1.33. The third-order valence-electron chi connectivity index (χ3n) is 4.56. The summed E-state index contributed by atoms with van der Waals surface area (Å²) in [5.41, 5.74) is 2.34. The van der Waals surface area contributed by atoms with E-state index in [2.05, 4.69) is 0 Å². The van der Waals surface area contributed by atoms with Crippen molar-refractivity contribution < 1.29 is 18.9 Å². The molecule has 26 heavy (non-hydrogen) atoms. The zero-order valence-corrected chi connectivity index (χ0v) is 15.5. The van der Waals surface area contributed by atoms with Crippen LogP contribution in [0.1, 0.15) is 35.3 Å². The van der Waals surface area contributed by atoms with E-state index >= 15 is 0 Å². The fourth-order valence-corrected chi connectivity index (χ4v) is 4.08. The Morgan fingerprint density at radius 1 is 1.08 bits per heavy atom. The predicted molar refractivity (Wildman–Crippen MR) is 99.4 cm³/mol. The number of nitrogens with zero attached hydrogens (tertiary/aromatic N) is 1. The van der Waals surface area contributed by atoms with Crippen LogP contribution in [-0.4, -0.2) is 37.4 Å². The molecule has 1 aliphatic heterocycles. The predicted octanol–water partition coefficient (Wildman–Crippen LogP) is 2.85. The van der Waals surface area contributed by atoms with E-state index in [-0.39, 0.29) is 17.7 Å². The van der Waals surface area contributed by atoms with Crippen molar-refractivity contribution in [3.05, 3.63) is 65.2 Å². The third-order valence-corrected chi connectivity index (χ3v) is 6.15. The first kappa shape index (κ1) is 18.3. The fraction of sp³-hybridized carbons (Fsp3) is 0.300. The summed E-state index contributed by atoms with van der Waals surface area (Å²) < 4.78 is 12.1. The highest BCUT2D eigenvalue weighted by molar-refractivity contribution is 7.85. The number of carbonyl (C=O) groups is 2. The molecule has 0 fully saturated rings. The molecule has 2 aromatic rings. The summed E-state index contributed by atoms with van der Waals surface area (Å²) in [6.45, 7) is 4.02. The normalized spacial score (nSPS) is 17.7. The molecule has 1 amide bonds. The Bertz CT molecular complexity index is 860. The topological polar surface area (TPSA) is 74.7 Å². The van der Waals surface area contributed by atoms with Gasteiger partial charge in [-0.25, -0.2) is 4.79 Å². The van der Waals surface area contributed by atoms with Crippen molar-refractivity contribution in [3.63, 3.8) is 0 Å². The molecule has 2 aromatic carbocycles. The van der Waals surface area contributed by atoms with Crippen LogP contribution < -0.4 is 0 Å². The Morgan fingerprint density at radius 2 is 1.69 bits per heavy atom.